The Morgan fingerprint density at radius 1 is 1.24 bits per heavy atom. The quantitative estimate of drug-likeness (QED) is 0.539. The molecule has 29 heavy (non-hydrogen) atoms. The molecule has 3 aromatic rings. The van der Waals surface area contributed by atoms with Gasteiger partial charge < -0.3 is 9.84 Å². The van der Waals surface area contributed by atoms with Crippen LogP contribution in [0.4, 0.5) is 8.78 Å². The van der Waals surface area contributed by atoms with Crippen molar-refractivity contribution >= 4 is 11.4 Å². The number of hydrogen-bond acceptors (Lipinski definition) is 4. The number of aromatic nitrogens is 2. The molecule has 2 heterocycles. The molecule has 0 fully saturated rings. The van der Waals surface area contributed by atoms with E-state index in [2.05, 4.69) is 4.98 Å². The van der Waals surface area contributed by atoms with Crippen molar-refractivity contribution < 1.29 is 23.4 Å². The number of aryl methyl sites for hydroxylation is 1. The lowest BCUT2D eigenvalue weighted by atomic mass is 9.93. The summed E-state index contributed by atoms with van der Waals surface area (Å²) in [6.07, 6.45) is 1.41. The molecule has 0 amide bonds. The molecule has 0 bridgehead atoms. The van der Waals surface area contributed by atoms with Crippen LogP contribution in [-0.4, -0.2) is 39.4 Å². The highest BCUT2D eigenvalue weighted by atomic mass is 19.3. The van der Waals surface area contributed by atoms with E-state index in [0.29, 0.717) is 22.8 Å². The Kier molecular flexibility index (Phi) is 6.27. The number of Topliss-reactive ketones (excluding diaryl/α,β-unsaturated/α-hetero) is 1. The Hall–Kier alpha value is -2.80. The van der Waals surface area contributed by atoms with Crippen LogP contribution in [0.1, 0.15) is 47.4 Å². The number of halogens is 2. The van der Waals surface area contributed by atoms with Gasteiger partial charge in [-0.05, 0) is 31.5 Å². The van der Waals surface area contributed by atoms with Crippen molar-refractivity contribution in [3.63, 3.8) is 0 Å². The van der Waals surface area contributed by atoms with E-state index in [1.54, 1.807) is 29.7 Å². The summed E-state index contributed by atoms with van der Waals surface area (Å²) in [5, 5.41) is 9.76. The lowest BCUT2D eigenvalue weighted by Gasteiger charge is -2.14. The molecule has 0 aliphatic heterocycles. The molecule has 2 aromatic heterocycles. The molecule has 3 rings (SSSR count). The Bertz CT molecular complexity index is 981. The van der Waals surface area contributed by atoms with Gasteiger partial charge in [0.15, 0.2) is 17.2 Å². The number of imidazole rings is 1. The van der Waals surface area contributed by atoms with Gasteiger partial charge in [0.1, 0.15) is 5.69 Å². The second kappa shape index (κ2) is 8.69. The Labute approximate surface area is 168 Å². The predicted octanol–water partition coefficient (Wildman–Crippen LogP) is 4.42. The zero-order valence-electron chi connectivity index (χ0n) is 16.4. The first kappa shape index (κ1) is 20.9. The van der Waals surface area contributed by atoms with Gasteiger partial charge in [-0.3, -0.25) is 9.20 Å². The topological polar surface area (TPSA) is 63.8 Å². The maximum absolute atomic E-state index is 13.0. The van der Waals surface area contributed by atoms with Crippen LogP contribution in [0.15, 0.2) is 48.7 Å². The van der Waals surface area contributed by atoms with Gasteiger partial charge in [0.05, 0.1) is 18.9 Å². The second-order valence-corrected chi connectivity index (χ2v) is 7.20. The number of aliphatic hydroxyl groups is 1. The smallest absolute Gasteiger partial charge is 0.248 e. The van der Waals surface area contributed by atoms with E-state index in [4.69, 9.17) is 4.74 Å². The zero-order valence-corrected chi connectivity index (χ0v) is 16.4. The minimum atomic E-state index is -2.81. The summed E-state index contributed by atoms with van der Waals surface area (Å²) in [6.45, 7) is 2.27. The molecule has 0 saturated carbocycles. The fraction of sp³-hybridized carbons (Fsp3) is 0.364. The van der Waals surface area contributed by atoms with E-state index < -0.39 is 12.3 Å². The molecule has 7 heteroatoms. The molecule has 0 unspecified atom stereocenters. The molecule has 5 nitrogen and oxygen atoms in total. The van der Waals surface area contributed by atoms with Gasteiger partial charge in [0.25, 0.3) is 0 Å². The van der Waals surface area contributed by atoms with Crippen molar-refractivity contribution in [2.45, 2.75) is 38.5 Å². The summed E-state index contributed by atoms with van der Waals surface area (Å²) in [5.74, 6) is -2.94. The summed E-state index contributed by atoms with van der Waals surface area (Å²) < 4.78 is 33.2. The van der Waals surface area contributed by atoms with Crippen LogP contribution >= 0.6 is 0 Å². The van der Waals surface area contributed by atoms with Gasteiger partial charge in [0, 0.05) is 25.0 Å². The maximum atomic E-state index is 13.0. The van der Waals surface area contributed by atoms with Crippen molar-refractivity contribution in [3.8, 4) is 5.75 Å². The molecule has 0 spiro atoms. The van der Waals surface area contributed by atoms with Crippen molar-refractivity contribution in [1.29, 1.82) is 0 Å². The Balaban J connectivity index is 1.85. The van der Waals surface area contributed by atoms with Crippen molar-refractivity contribution in [3.05, 3.63) is 65.6 Å². The lowest BCUT2D eigenvalue weighted by Crippen LogP contribution is -2.15. The van der Waals surface area contributed by atoms with Gasteiger partial charge in [-0.1, -0.05) is 30.3 Å². The number of benzene rings is 1. The molecule has 0 saturated heterocycles. The zero-order chi connectivity index (χ0) is 21.0. The first-order chi connectivity index (χ1) is 13.8. The SMILES string of the molecule is Cc1nc2c(OCCC(C)(F)F)cccn2c1C(=O)C[C@@H](CO)c1ccccc1. The van der Waals surface area contributed by atoms with E-state index in [1.165, 1.54) is 0 Å². The summed E-state index contributed by atoms with van der Waals surface area (Å²) in [6, 6.07) is 12.7. The molecule has 1 aromatic carbocycles. The predicted molar refractivity (Wildman–Crippen MR) is 106 cm³/mol. The summed E-state index contributed by atoms with van der Waals surface area (Å²) in [7, 11) is 0. The standard InChI is InChI=1S/C22H24F2N2O3/c1-15-20(18(28)13-17(14-27)16-7-4-3-5-8-16)26-11-6-9-19(21(26)25-15)29-12-10-22(2,23)24/h3-9,11,17,27H,10,12-14H2,1-2H3/t17-/m0/s1. The Morgan fingerprint density at radius 3 is 2.62 bits per heavy atom. The highest BCUT2D eigenvalue weighted by molar-refractivity contribution is 5.97. The van der Waals surface area contributed by atoms with Crippen LogP contribution in [0.25, 0.3) is 5.65 Å². The fourth-order valence-corrected chi connectivity index (χ4v) is 3.28. The van der Waals surface area contributed by atoms with E-state index >= 15 is 0 Å². The normalized spacial score (nSPS) is 12.9. The third-order valence-corrected chi connectivity index (χ3v) is 4.77. The number of nitrogens with zero attached hydrogens (tertiary/aromatic N) is 2. The number of hydrogen-bond donors (Lipinski definition) is 1. The largest absolute Gasteiger partial charge is 0.489 e. The first-order valence-corrected chi connectivity index (χ1v) is 9.47. The minimum absolute atomic E-state index is 0.127. The molecular weight excluding hydrogens is 378 g/mol. The van der Waals surface area contributed by atoms with Gasteiger partial charge in [-0.2, -0.15) is 0 Å². The molecular formula is C22H24F2N2O3. The lowest BCUT2D eigenvalue weighted by molar-refractivity contribution is 0.000943. The number of ketones is 1. The van der Waals surface area contributed by atoms with E-state index in [-0.39, 0.29) is 31.3 Å². The van der Waals surface area contributed by atoms with E-state index in [9.17, 15) is 18.7 Å². The number of rotatable bonds is 9. The number of aliphatic hydroxyl groups excluding tert-OH is 1. The second-order valence-electron chi connectivity index (χ2n) is 7.20. The number of pyridine rings is 1. The van der Waals surface area contributed by atoms with E-state index in [1.807, 2.05) is 30.3 Å². The Morgan fingerprint density at radius 2 is 1.97 bits per heavy atom. The van der Waals surface area contributed by atoms with E-state index in [0.717, 1.165) is 12.5 Å². The van der Waals surface area contributed by atoms with Crippen LogP contribution < -0.4 is 4.74 Å². The van der Waals surface area contributed by atoms with Gasteiger partial charge >= 0.3 is 0 Å². The molecule has 0 aliphatic rings. The van der Waals surface area contributed by atoms with Crippen molar-refractivity contribution in [1.82, 2.24) is 9.38 Å². The summed E-state index contributed by atoms with van der Waals surface area (Å²) in [4.78, 5) is 17.5. The number of alkyl halides is 2. The molecule has 1 N–H and O–H groups in total. The number of fused-ring (bicyclic) bond motifs is 1. The summed E-state index contributed by atoms with van der Waals surface area (Å²) >= 11 is 0. The molecule has 0 aliphatic carbocycles. The molecule has 0 radical (unpaired) electrons. The van der Waals surface area contributed by atoms with Gasteiger partial charge in [0.2, 0.25) is 5.92 Å². The number of carbonyl (C=O) groups excluding carboxylic acids is 1. The van der Waals surface area contributed by atoms with Crippen LogP contribution in [0, 0.1) is 6.92 Å². The maximum Gasteiger partial charge on any atom is 0.248 e. The third kappa shape index (κ3) is 4.98. The fourth-order valence-electron chi connectivity index (χ4n) is 3.28. The van der Waals surface area contributed by atoms with Crippen molar-refractivity contribution in [2.75, 3.05) is 13.2 Å². The average molecular weight is 402 g/mol. The number of ether oxygens (including phenoxy) is 1. The van der Waals surface area contributed by atoms with Crippen LogP contribution in [0.5, 0.6) is 5.75 Å². The monoisotopic (exact) mass is 402 g/mol. The first-order valence-electron chi connectivity index (χ1n) is 9.47. The van der Waals surface area contributed by atoms with Crippen molar-refractivity contribution in [2.24, 2.45) is 0 Å². The average Bonchev–Trinajstić information content (AvgIpc) is 3.02. The van der Waals surface area contributed by atoms with Crippen LogP contribution in [0.2, 0.25) is 0 Å². The number of carbonyl (C=O) groups is 1. The third-order valence-electron chi connectivity index (χ3n) is 4.77. The van der Waals surface area contributed by atoms with Crippen LogP contribution in [0.3, 0.4) is 0 Å². The van der Waals surface area contributed by atoms with Gasteiger partial charge in [-0.25, -0.2) is 13.8 Å². The minimum Gasteiger partial charge on any atom is -0.489 e. The van der Waals surface area contributed by atoms with Gasteiger partial charge in [-0.15, -0.1) is 0 Å². The molecule has 1 atom stereocenters. The highest BCUT2D eigenvalue weighted by Gasteiger charge is 2.24. The summed E-state index contributed by atoms with van der Waals surface area (Å²) in [5.41, 5.74) is 2.23. The van der Waals surface area contributed by atoms with Crippen LogP contribution in [-0.2, 0) is 0 Å². The highest BCUT2D eigenvalue weighted by Crippen LogP contribution is 2.27. The molecule has 154 valence electrons.